The van der Waals surface area contributed by atoms with Crippen molar-refractivity contribution in [2.24, 2.45) is 0 Å². The molecule has 2 amide bonds. The standard InChI is InChI=1S/C26H21N3O6S/c1-15-4-8-18(9-5-15)27-24(31)20(12-17-13-21(29(33)34)23(30)22(14-17)35-3)25(32)28(26(27)36)19-10-6-16(2)7-11-19/h4-14,30H,1-3H3. The highest BCUT2D eigenvalue weighted by atomic mass is 32.1. The number of carbonyl (C=O) groups is 2. The van der Waals surface area contributed by atoms with Crippen LogP contribution in [0.5, 0.6) is 11.5 Å². The zero-order chi connectivity index (χ0) is 26.1. The molecule has 0 atom stereocenters. The van der Waals surface area contributed by atoms with Gasteiger partial charge in [0, 0.05) is 6.07 Å². The monoisotopic (exact) mass is 503 g/mol. The summed E-state index contributed by atoms with van der Waals surface area (Å²) < 4.78 is 5.04. The Balaban J connectivity index is 1.91. The number of thiocarbonyl (C=S) groups is 1. The van der Waals surface area contributed by atoms with Crippen molar-refractivity contribution < 1.29 is 24.4 Å². The van der Waals surface area contributed by atoms with Crippen LogP contribution in [0.3, 0.4) is 0 Å². The minimum absolute atomic E-state index is 0.0240. The van der Waals surface area contributed by atoms with Crippen LogP contribution in [0.25, 0.3) is 6.08 Å². The second-order valence-electron chi connectivity index (χ2n) is 8.14. The molecule has 10 heteroatoms. The van der Waals surface area contributed by atoms with Crippen LogP contribution in [-0.2, 0) is 9.59 Å². The molecule has 1 aliphatic heterocycles. The zero-order valence-corrected chi connectivity index (χ0v) is 20.4. The van der Waals surface area contributed by atoms with Gasteiger partial charge >= 0.3 is 5.69 Å². The Hall–Kier alpha value is -4.57. The fourth-order valence-electron chi connectivity index (χ4n) is 3.73. The van der Waals surface area contributed by atoms with Gasteiger partial charge in [-0.1, -0.05) is 35.4 Å². The summed E-state index contributed by atoms with van der Waals surface area (Å²) in [7, 11) is 1.24. The SMILES string of the molecule is COc1cc(C=C2C(=O)N(c3ccc(C)cc3)C(=S)N(c3ccc(C)cc3)C2=O)cc([N+](=O)[O-])c1O. The predicted molar refractivity (Wildman–Crippen MR) is 139 cm³/mol. The summed E-state index contributed by atoms with van der Waals surface area (Å²) in [5.41, 5.74) is 2.08. The maximum Gasteiger partial charge on any atom is 0.315 e. The van der Waals surface area contributed by atoms with Gasteiger partial charge in [0.1, 0.15) is 5.57 Å². The third-order valence-electron chi connectivity index (χ3n) is 5.64. The Labute approximate surface area is 212 Å². The summed E-state index contributed by atoms with van der Waals surface area (Å²) in [5, 5.41) is 21.5. The number of carbonyl (C=O) groups excluding carboxylic acids is 2. The summed E-state index contributed by atoms with van der Waals surface area (Å²) in [6, 6.07) is 16.5. The number of aromatic hydroxyl groups is 1. The minimum Gasteiger partial charge on any atom is -0.500 e. The fourth-order valence-corrected chi connectivity index (χ4v) is 4.11. The molecule has 3 aromatic carbocycles. The van der Waals surface area contributed by atoms with Crippen LogP contribution in [0.15, 0.2) is 66.2 Å². The van der Waals surface area contributed by atoms with Crippen LogP contribution in [0.2, 0.25) is 0 Å². The van der Waals surface area contributed by atoms with E-state index >= 15 is 0 Å². The molecule has 36 heavy (non-hydrogen) atoms. The van der Waals surface area contributed by atoms with Gasteiger partial charge in [-0.15, -0.1) is 0 Å². The van der Waals surface area contributed by atoms with Crippen LogP contribution in [0.4, 0.5) is 17.1 Å². The van der Waals surface area contributed by atoms with E-state index in [1.165, 1.54) is 29.1 Å². The zero-order valence-electron chi connectivity index (χ0n) is 19.6. The van der Waals surface area contributed by atoms with Crippen LogP contribution >= 0.6 is 12.2 Å². The molecule has 1 aliphatic rings. The summed E-state index contributed by atoms with van der Waals surface area (Å²) >= 11 is 5.60. The largest absolute Gasteiger partial charge is 0.500 e. The van der Waals surface area contributed by atoms with E-state index in [4.69, 9.17) is 17.0 Å². The molecule has 0 aliphatic carbocycles. The van der Waals surface area contributed by atoms with E-state index in [0.29, 0.717) is 11.4 Å². The molecule has 9 nitrogen and oxygen atoms in total. The lowest BCUT2D eigenvalue weighted by atomic mass is 10.0. The lowest BCUT2D eigenvalue weighted by Crippen LogP contribution is -2.56. The van der Waals surface area contributed by atoms with Crippen LogP contribution < -0.4 is 14.5 Å². The quantitative estimate of drug-likeness (QED) is 0.177. The van der Waals surface area contributed by atoms with Crippen molar-refractivity contribution in [1.29, 1.82) is 0 Å². The minimum atomic E-state index is -0.781. The third-order valence-corrected chi connectivity index (χ3v) is 6.00. The smallest absolute Gasteiger partial charge is 0.315 e. The van der Waals surface area contributed by atoms with Crippen molar-refractivity contribution in [2.45, 2.75) is 13.8 Å². The maximum atomic E-state index is 13.6. The number of phenols is 1. The fraction of sp³-hybridized carbons (Fsp3) is 0.115. The lowest BCUT2D eigenvalue weighted by Gasteiger charge is -2.36. The second-order valence-corrected chi connectivity index (χ2v) is 8.51. The van der Waals surface area contributed by atoms with E-state index in [9.17, 15) is 24.8 Å². The number of anilines is 2. The van der Waals surface area contributed by atoms with E-state index < -0.39 is 28.2 Å². The van der Waals surface area contributed by atoms with Gasteiger partial charge in [-0.05, 0) is 68.0 Å². The number of rotatable bonds is 5. The lowest BCUT2D eigenvalue weighted by molar-refractivity contribution is -0.386. The van der Waals surface area contributed by atoms with Gasteiger partial charge in [-0.25, -0.2) is 0 Å². The molecule has 3 aromatic rings. The molecule has 0 aromatic heterocycles. The Morgan fingerprint density at radius 1 is 0.917 bits per heavy atom. The van der Waals surface area contributed by atoms with Crippen LogP contribution in [-0.4, -0.2) is 34.1 Å². The number of benzene rings is 3. The number of phenolic OH excluding ortho intramolecular Hbond substituents is 1. The summed E-state index contributed by atoms with van der Waals surface area (Å²) in [4.78, 5) is 40.4. The maximum absolute atomic E-state index is 13.6. The molecule has 1 fully saturated rings. The molecule has 0 spiro atoms. The highest BCUT2D eigenvalue weighted by Crippen LogP contribution is 2.38. The first kappa shape index (κ1) is 24.6. The number of hydrogen-bond acceptors (Lipinski definition) is 7. The number of nitrogens with zero attached hydrogens (tertiary/aromatic N) is 3. The number of aryl methyl sites for hydroxylation is 2. The highest BCUT2D eigenvalue weighted by Gasteiger charge is 2.41. The van der Waals surface area contributed by atoms with E-state index in [1.54, 1.807) is 24.3 Å². The summed E-state index contributed by atoms with van der Waals surface area (Å²) in [6.07, 6.45) is 1.23. The first-order valence-corrected chi connectivity index (χ1v) is 11.2. The second kappa shape index (κ2) is 9.59. The van der Waals surface area contributed by atoms with Gasteiger partial charge in [0.15, 0.2) is 10.9 Å². The molecule has 0 saturated carbocycles. The van der Waals surface area contributed by atoms with Crippen LogP contribution in [0.1, 0.15) is 16.7 Å². The van der Waals surface area contributed by atoms with Crippen molar-refractivity contribution in [3.63, 3.8) is 0 Å². The number of methoxy groups -OCH3 is 1. The van der Waals surface area contributed by atoms with Gasteiger partial charge in [0.25, 0.3) is 11.8 Å². The Bertz CT molecular complexity index is 1360. The van der Waals surface area contributed by atoms with Gasteiger partial charge in [-0.2, -0.15) is 0 Å². The molecule has 182 valence electrons. The molecular weight excluding hydrogens is 482 g/mol. The highest BCUT2D eigenvalue weighted by molar-refractivity contribution is 7.81. The molecular formula is C26H21N3O6S. The molecule has 0 radical (unpaired) electrons. The summed E-state index contributed by atoms with van der Waals surface area (Å²) in [6.45, 7) is 3.80. The Morgan fingerprint density at radius 3 is 1.81 bits per heavy atom. The molecule has 1 saturated heterocycles. The van der Waals surface area contributed by atoms with E-state index in [-0.39, 0.29) is 22.0 Å². The average molecular weight is 504 g/mol. The Kier molecular flexibility index (Phi) is 6.54. The number of nitro groups is 1. The van der Waals surface area contributed by atoms with Crippen LogP contribution in [0, 0.1) is 24.0 Å². The molecule has 1 heterocycles. The molecule has 0 unspecified atom stereocenters. The summed E-state index contributed by atoms with van der Waals surface area (Å²) in [5.74, 6) is -2.21. The number of nitro benzene ring substituents is 1. The number of hydrogen-bond donors (Lipinski definition) is 1. The normalized spacial score (nSPS) is 13.8. The topological polar surface area (TPSA) is 113 Å². The molecule has 1 N–H and O–H groups in total. The first-order valence-electron chi connectivity index (χ1n) is 10.8. The Morgan fingerprint density at radius 2 is 1.39 bits per heavy atom. The molecule has 4 rings (SSSR count). The predicted octanol–water partition coefficient (Wildman–Crippen LogP) is 4.67. The van der Waals surface area contributed by atoms with Gasteiger partial charge in [0.05, 0.1) is 23.4 Å². The van der Waals surface area contributed by atoms with Crippen molar-refractivity contribution >= 4 is 52.3 Å². The van der Waals surface area contributed by atoms with Crippen molar-refractivity contribution in [2.75, 3.05) is 16.9 Å². The van der Waals surface area contributed by atoms with Crippen molar-refractivity contribution in [1.82, 2.24) is 0 Å². The average Bonchev–Trinajstić information content (AvgIpc) is 2.84. The third kappa shape index (κ3) is 4.41. The molecule has 0 bridgehead atoms. The van der Waals surface area contributed by atoms with Gasteiger partial charge in [-0.3, -0.25) is 29.5 Å². The van der Waals surface area contributed by atoms with E-state index in [0.717, 1.165) is 17.2 Å². The number of ether oxygens (including phenoxy) is 1. The van der Waals surface area contributed by atoms with Gasteiger partial charge in [0.2, 0.25) is 5.75 Å². The first-order chi connectivity index (χ1) is 17.1. The van der Waals surface area contributed by atoms with Crippen molar-refractivity contribution in [3.05, 3.63) is 93.0 Å². The van der Waals surface area contributed by atoms with E-state index in [1.807, 2.05) is 38.1 Å². The van der Waals surface area contributed by atoms with Crippen molar-refractivity contribution in [3.8, 4) is 11.5 Å². The number of amides is 2. The van der Waals surface area contributed by atoms with E-state index in [2.05, 4.69) is 0 Å². The van der Waals surface area contributed by atoms with Gasteiger partial charge < -0.3 is 9.84 Å².